The van der Waals surface area contributed by atoms with Gasteiger partial charge in [-0.2, -0.15) is 0 Å². The minimum Gasteiger partial charge on any atom is -0.488 e. The fraction of sp³-hybridized carbons (Fsp3) is 0.375. The number of hydrogen-bond donors (Lipinski definition) is 1. The number of nitrogens with zero attached hydrogens (tertiary/aromatic N) is 3. The van der Waals surface area contributed by atoms with Crippen molar-refractivity contribution in [3.8, 4) is 5.75 Å². The van der Waals surface area contributed by atoms with Gasteiger partial charge in [0.15, 0.2) is 0 Å². The van der Waals surface area contributed by atoms with E-state index in [1.54, 1.807) is 0 Å². The highest BCUT2D eigenvalue weighted by Gasteiger charge is 2.19. The molecule has 1 fully saturated rings. The molecule has 7 heteroatoms. The Morgan fingerprint density at radius 3 is 2.46 bits per heavy atom. The van der Waals surface area contributed by atoms with E-state index in [9.17, 15) is 9.18 Å². The number of aliphatic carboxylic acids is 1. The summed E-state index contributed by atoms with van der Waals surface area (Å²) >= 11 is 0. The van der Waals surface area contributed by atoms with Crippen LogP contribution in [0.1, 0.15) is 60.7 Å². The molecule has 1 aromatic heterocycles. The number of carboxylic acids is 1. The van der Waals surface area contributed by atoms with Crippen LogP contribution in [0.2, 0.25) is 0 Å². The third kappa shape index (κ3) is 6.66. The van der Waals surface area contributed by atoms with Crippen LogP contribution in [0.5, 0.6) is 5.75 Å². The Morgan fingerprint density at radius 1 is 0.974 bits per heavy atom. The topological polar surface area (TPSA) is 67.6 Å². The van der Waals surface area contributed by atoms with Gasteiger partial charge in [0, 0.05) is 18.1 Å². The molecule has 1 saturated heterocycles. The summed E-state index contributed by atoms with van der Waals surface area (Å²) in [5, 5.41) is 8.93. The molecule has 0 atom stereocenters. The molecule has 0 spiro atoms. The van der Waals surface area contributed by atoms with E-state index in [2.05, 4.69) is 34.6 Å². The van der Waals surface area contributed by atoms with Gasteiger partial charge in [0.05, 0.1) is 24.1 Å². The van der Waals surface area contributed by atoms with Crippen LogP contribution in [-0.2, 0) is 37.3 Å². The molecule has 0 radical (unpaired) electrons. The molecule has 4 aromatic rings. The fourth-order valence-electron chi connectivity index (χ4n) is 5.37. The highest BCUT2D eigenvalue weighted by molar-refractivity contribution is 5.76. The van der Waals surface area contributed by atoms with Crippen LogP contribution < -0.4 is 4.74 Å². The van der Waals surface area contributed by atoms with Crippen molar-refractivity contribution in [2.75, 3.05) is 13.1 Å². The lowest BCUT2D eigenvalue weighted by Gasteiger charge is -2.26. The summed E-state index contributed by atoms with van der Waals surface area (Å²) in [4.78, 5) is 18.2. The fourth-order valence-corrected chi connectivity index (χ4v) is 5.37. The standard InChI is InChI=1S/C32H36FN3O3/c1-2-25-7-6-8-26(32(25)39-22-24-11-9-23(10-12-24)13-16-31(37)38)20-36-29-15-14-27(33)19-28(29)34-30(36)21-35-17-4-3-5-18-35/h6-12,14-15,19H,2-5,13,16-18,20-22H2,1H3,(H,37,38). The molecule has 6 nitrogen and oxygen atoms in total. The second-order valence-corrected chi connectivity index (χ2v) is 10.3. The largest absolute Gasteiger partial charge is 0.488 e. The first kappa shape index (κ1) is 26.9. The van der Waals surface area contributed by atoms with Crippen LogP contribution in [0, 0.1) is 5.82 Å². The smallest absolute Gasteiger partial charge is 0.303 e. The maximum atomic E-state index is 14.1. The van der Waals surface area contributed by atoms with E-state index in [-0.39, 0.29) is 12.2 Å². The van der Waals surface area contributed by atoms with E-state index < -0.39 is 5.97 Å². The Hall–Kier alpha value is -3.71. The Morgan fingerprint density at radius 2 is 1.72 bits per heavy atom. The predicted molar refractivity (Wildman–Crippen MR) is 150 cm³/mol. The lowest BCUT2D eigenvalue weighted by molar-refractivity contribution is -0.136. The number of likely N-dealkylation sites (tertiary alicyclic amines) is 1. The summed E-state index contributed by atoms with van der Waals surface area (Å²) in [5.74, 6) is 0.758. The number of piperidine rings is 1. The molecular weight excluding hydrogens is 493 g/mol. The predicted octanol–water partition coefficient (Wildman–Crippen LogP) is 6.37. The molecule has 0 bridgehead atoms. The lowest BCUT2D eigenvalue weighted by Crippen LogP contribution is -2.30. The Kier molecular flexibility index (Phi) is 8.57. The summed E-state index contributed by atoms with van der Waals surface area (Å²) in [7, 11) is 0. The number of aryl methyl sites for hydroxylation is 2. The summed E-state index contributed by atoms with van der Waals surface area (Å²) in [6.45, 7) is 6.00. The normalized spacial score (nSPS) is 14.1. The summed E-state index contributed by atoms with van der Waals surface area (Å²) in [5.41, 5.74) is 5.84. The van der Waals surface area contributed by atoms with E-state index in [1.807, 2.05) is 30.3 Å². The monoisotopic (exact) mass is 529 g/mol. The number of rotatable bonds is 11. The number of ether oxygens (including phenoxy) is 1. The number of imidazole rings is 1. The number of halogens is 1. The molecular formula is C32H36FN3O3. The van der Waals surface area contributed by atoms with Gasteiger partial charge in [0.25, 0.3) is 0 Å². The van der Waals surface area contributed by atoms with Gasteiger partial charge in [-0.25, -0.2) is 9.37 Å². The van der Waals surface area contributed by atoms with E-state index in [1.165, 1.54) is 31.4 Å². The molecule has 204 valence electrons. The molecule has 5 rings (SSSR count). The maximum Gasteiger partial charge on any atom is 0.303 e. The van der Waals surface area contributed by atoms with Gasteiger partial charge in [-0.3, -0.25) is 9.69 Å². The van der Waals surface area contributed by atoms with Crippen molar-refractivity contribution in [2.45, 2.75) is 65.1 Å². The van der Waals surface area contributed by atoms with Gasteiger partial charge in [0.1, 0.15) is 24.0 Å². The zero-order valence-electron chi connectivity index (χ0n) is 22.5. The summed E-state index contributed by atoms with van der Waals surface area (Å²) in [6.07, 6.45) is 5.15. The van der Waals surface area contributed by atoms with Crippen LogP contribution in [0.15, 0.2) is 60.7 Å². The lowest BCUT2D eigenvalue weighted by atomic mass is 10.1. The Balaban J connectivity index is 1.40. The molecule has 0 aliphatic carbocycles. The summed E-state index contributed by atoms with van der Waals surface area (Å²) < 4.78 is 22.8. The minimum atomic E-state index is -0.791. The SMILES string of the molecule is CCc1cccc(Cn2c(CN3CCCCC3)nc3cc(F)ccc32)c1OCc1ccc(CCC(=O)O)cc1. The number of carboxylic acid groups (broad SMARTS) is 1. The molecule has 0 amide bonds. The third-order valence-electron chi connectivity index (χ3n) is 7.52. The van der Waals surface area contributed by atoms with Crippen molar-refractivity contribution < 1.29 is 19.0 Å². The molecule has 0 saturated carbocycles. The average molecular weight is 530 g/mol. The minimum absolute atomic E-state index is 0.123. The number of aromatic nitrogens is 2. The van der Waals surface area contributed by atoms with Gasteiger partial charge in [-0.15, -0.1) is 0 Å². The van der Waals surface area contributed by atoms with Crippen molar-refractivity contribution in [3.63, 3.8) is 0 Å². The zero-order chi connectivity index (χ0) is 27.2. The first-order valence-corrected chi connectivity index (χ1v) is 13.9. The first-order chi connectivity index (χ1) is 19.0. The van der Waals surface area contributed by atoms with Crippen LogP contribution >= 0.6 is 0 Å². The van der Waals surface area contributed by atoms with Gasteiger partial charge < -0.3 is 14.4 Å². The maximum absolute atomic E-state index is 14.1. The highest BCUT2D eigenvalue weighted by Crippen LogP contribution is 2.29. The number of para-hydroxylation sites is 1. The summed E-state index contributed by atoms with van der Waals surface area (Å²) in [6, 6.07) is 19.1. The number of carbonyl (C=O) groups is 1. The van der Waals surface area contributed by atoms with Crippen LogP contribution in [0.25, 0.3) is 11.0 Å². The second-order valence-electron chi connectivity index (χ2n) is 10.3. The molecule has 39 heavy (non-hydrogen) atoms. The van der Waals surface area contributed by atoms with Crippen molar-refractivity contribution in [2.24, 2.45) is 0 Å². The first-order valence-electron chi connectivity index (χ1n) is 13.9. The van der Waals surface area contributed by atoms with E-state index in [0.29, 0.717) is 25.1 Å². The molecule has 1 N–H and O–H groups in total. The van der Waals surface area contributed by atoms with Crippen LogP contribution in [0.4, 0.5) is 4.39 Å². The molecule has 3 aromatic carbocycles. The van der Waals surface area contributed by atoms with Crippen LogP contribution in [-0.4, -0.2) is 38.6 Å². The third-order valence-corrected chi connectivity index (χ3v) is 7.52. The van der Waals surface area contributed by atoms with Crippen LogP contribution in [0.3, 0.4) is 0 Å². The van der Waals surface area contributed by atoms with Crippen molar-refractivity contribution in [1.29, 1.82) is 0 Å². The average Bonchev–Trinajstić information content (AvgIpc) is 3.27. The molecule has 1 aliphatic rings. The Labute approximate surface area is 229 Å². The van der Waals surface area contributed by atoms with Crippen molar-refractivity contribution in [1.82, 2.24) is 14.5 Å². The Bertz CT molecular complexity index is 1420. The number of benzene rings is 3. The number of fused-ring (bicyclic) bond motifs is 1. The van der Waals surface area contributed by atoms with Gasteiger partial charge in [-0.1, -0.05) is 55.8 Å². The zero-order valence-corrected chi connectivity index (χ0v) is 22.5. The van der Waals surface area contributed by atoms with Gasteiger partial charge in [-0.05, 0) is 67.6 Å². The van der Waals surface area contributed by atoms with Gasteiger partial charge >= 0.3 is 5.97 Å². The van der Waals surface area contributed by atoms with Crippen molar-refractivity contribution in [3.05, 3.63) is 94.6 Å². The van der Waals surface area contributed by atoms with E-state index >= 15 is 0 Å². The quantitative estimate of drug-likeness (QED) is 0.245. The van der Waals surface area contributed by atoms with Gasteiger partial charge in [0.2, 0.25) is 0 Å². The molecule has 0 unspecified atom stereocenters. The highest BCUT2D eigenvalue weighted by atomic mass is 19.1. The molecule has 1 aliphatic heterocycles. The van der Waals surface area contributed by atoms with E-state index in [0.717, 1.165) is 65.4 Å². The second kappa shape index (κ2) is 12.4. The van der Waals surface area contributed by atoms with E-state index in [4.69, 9.17) is 14.8 Å². The molecule has 2 heterocycles. The van der Waals surface area contributed by atoms with Crippen molar-refractivity contribution >= 4 is 17.0 Å². The number of hydrogen-bond acceptors (Lipinski definition) is 4.